The maximum Gasteiger partial charge on any atom is 0.0663 e. The molecule has 0 saturated carbocycles. The molecule has 0 aliphatic heterocycles. The highest BCUT2D eigenvalue weighted by atomic mass is 35.5. The Morgan fingerprint density at radius 2 is 1.12 bits per heavy atom. The fraction of sp³-hybridized carbons (Fsp3) is 0.100. The second kappa shape index (κ2) is 14.1. The zero-order chi connectivity index (χ0) is 23.1. The molecule has 0 unspecified atom stereocenters. The minimum absolute atomic E-state index is 0.446. The van der Waals surface area contributed by atoms with E-state index in [9.17, 15) is 0 Å². The standard InChI is InChI=1S/C18H15P.C12H12ClN/c1-4-10-16(11-5-1)19(17-12-6-2-7-13-17)18-14-8-3-9-15-18;13-10-12-7-4-6-11(9-12)5-2-1-3-8-14/h1-15H;1-2,4,6-7,9H,3,5,10H2/b;2-1+. The highest BCUT2D eigenvalue weighted by molar-refractivity contribution is 7.79. The third kappa shape index (κ3) is 8.03. The largest absolute Gasteiger partial charge is 0.198 e. The van der Waals surface area contributed by atoms with Gasteiger partial charge >= 0.3 is 0 Å². The van der Waals surface area contributed by atoms with E-state index in [2.05, 4.69) is 109 Å². The van der Waals surface area contributed by atoms with Gasteiger partial charge in [0, 0.05) is 5.88 Å². The molecule has 0 spiro atoms. The zero-order valence-electron chi connectivity index (χ0n) is 18.5. The van der Waals surface area contributed by atoms with Crippen molar-refractivity contribution >= 4 is 35.4 Å². The van der Waals surface area contributed by atoms with Gasteiger partial charge in [-0.2, -0.15) is 5.26 Å². The molecule has 0 bridgehead atoms. The molecule has 0 amide bonds. The first-order valence-corrected chi connectivity index (χ1v) is 12.8. The van der Waals surface area contributed by atoms with Crippen LogP contribution in [-0.2, 0) is 12.3 Å². The second-order valence-corrected chi connectivity index (χ2v) is 9.82. The van der Waals surface area contributed by atoms with Gasteiger partial charge in [-0.05, 0) is 41.4 Å². The Kier molecular flexibility index (Phi) is 10.4. The zero-order valence-corrected chi connectivity index (χ0v) is 20.2. The van der Waals surface area contributed by atoms with Crippen LogP contribution < -0.4 is 15.9 Å². The molecule has 4 aromatic rings. The first-order chi connectivity index (χ1) is 16.3. The summed E-state index contributed by atoms with van der Waals surface area (Å²) in [6.07, 6.45) is 5.24. The summed E-state index contributed by atoms with van der Waals surface area (Å²) < 4.78 is 0. The summed E-state index contributed by atoms with van der Waals surface area (Å²) in [6, 6.07) is 42.6. The van der Waals surface area contributed by atoms with Crippen LogP contribution in [0.15, 0.2) is 127 Å². The van der Waals surface area contributed by atoms with E-state index >= 15 is 0 Å². The van der Waals surface area contributed by atoms with Crippen molar-refractivity contribution in [3.05, 3.63) is 139 Å². The van der Waals surface area contributed by atoms with E-state index in [1.54, 1.807) is 0 Å². The molecule has 0 heterocycles. The highest BCUT2D eigenvalue weighted by Gasteiger charge is 2.14. The fourth-order valence-corrected chi connectivity index (χ4v) is 5.85. The smallest absolute Gasteiger partial charge is 0.0663 e. The van der Waals surface area contributed by atoms with Crippen molar-refractivity contribution in [3.63, 3.8) is 0 Å². The first-order valence-electron chi connectivity index (χ1n) is 10.9. The number of hydrogen-bond donors (Lipinski definition) is 0. The van der Waals surface area contributed by atoms with E-state index in [1.807, 2.05) is 24.3 Å². The Morgan fingerprint density at radius 1 is 0.636 bits per heavy atom. The lowest BCUT2D eigenvalue weighted by atomic mass is 10.1. The molecule has 4 rings (SSSR count). The maximum atomic E-state index is 8.33. The van der Waals surface area contributed by atoms with E-state index in [0.29, 0.717) is 12.3 Å². The third-order valence-electron chi connectivity index (χ3n) is 4.92. The summed E-state index contributed by atoms with van der Waals surface area (Å²) in [5.74, 6) is 0.551. The maximum absolute atomic E-state index is 8.33. The van der Waals surface area contributed by atoms with Crippen LogP contribution in [0.5, 0.6) is 0 Å². The van der Waals surface area contributed by atoms with E-state index in [0.717, 1.165) is 12.0 Å². The number of hydrogen-bond acceptors (Lipinski definition) is 1. The van der Waals surface area contributed by atoms with Gasteiger partial charge in [0.1, 0.15) is 0 Å². The van der Waals surface area contributed by atoms with Crippen molar-refractivity contribution < 1.29 is 0 Å². The molecule has 0 N–H and O–H groups in total. The normalized spacial score (nSPS) is 10.5. The minimum atomic E-state index is -0.446. The van der Waals surface area contributed by atoms with Gasteiger partial charge in [0.15, 0.2) is 0 Å². The number of allylic oxidation sites excluding steroid dienone is 2. The van der Waals surface area contributed by atoms with E-state index in [-0.39, 0.29) is 0 Å². The average Bonchev–Trinajstić information content (AvgIpc) is 2.89. The van der Waals surface area contributed by atoms with Gasteiger partial charge in [0.2, 0.25) is 0 Å². The number of halogens is 1. The highest BCUT2D eigenvalue weighted by Crippen LogP contribution is 2.32. The molecule has 0 aliphatic rings. The van der Waals surface area contributed by atoms with Crippen LogP contribution in [0.25, 0.3) is 0 Å². The van der Waals surface area contributed by atoms with Gasteiger partial charge in [-0.1, -0.05) is 127 Å². The summed E-state index contributed by atoms with van der Waals surface area (Å²) in [6.45, 7) is 0. The quantitative estimate of drug-likeness (QED) is 0.165. The summed E-state index contributed by atoms with van der Waals surface area (Å²) in [5, 5.41) is 12.5. The number of benzene rings is 4. The topological polar surface area (TPSA) is 23.8 Å². The summed E-state index contributed by atoms with van der Waals surface area (Å²) in [7, 11) is -0.446. The number of rotatable bonds is 7. The molecule has 0 saturated heterocycles. The van der Waals surface area contributed by atoms with Crippen LogP contribution in [-0.4, -0.2) is 0 Å². The summed E-state index contributed by atoms with van der Waals surface area (Å²) >= 11 is 5.72. The Hall–Kier alpha value is -3.17. The predicted octanol–water partition coefficient (Wildman–Crippen LogP) is 6.88. The van der Waals surface area contributed by atoms with Crippen molar-refractivity contribution in [1.29, 1.82) is 5.26 Å². The van der Waals surface area contributed by atoms with Gasteiger partial charge in [0.25, 0.3) is 0 Å². The second-order valence-electron chi connectivity index (χ2n) is 7.33. The van der Waals surface area contributed by atoms with Crippen molar-refractivity contribution in [2.24, 2.45) is 0 Å². The van der Waals surface area contributed by atoms with Crippen molar-refractivity contribution in [1.82, 2.24) is 0 Å². The van der Waals surface area contributed by atoms with Crippen LogP contribution in [0.3, 0.4) is 0 Å². The Morgan fingerprint density at radius 3 is 1.58 bits per heavy atom. The molecule has 0 aromatic heterocycles. The monoisotopic (exact) mass is 467 g/mol. The Balaban J connectivity index is 0.000000196. The van der Waals surface area contributed by atoms with Crippen LogP contribution in [0.4, 0.5) is 0 Å². The van der Waals surface area contributed by atoms with Gasteiger partial charge < -0.3 is 0 Å². The molecule has 0 radical (unpaired) electrons. The molecule has 33 heavy (non-hydrogen) atoms. The summed E-state index contributed by atoms with van der Waals surface area (Å²) in [4.78, 5) is 0. The lowest BCUT2D eigenvalue weighted by Gasteiger charge is -2.18. The SMILES string of the molecule is N#CC/C=C/Cc1cccc(CCl)c1.c1ccc(P(c2ccccc2)c2ccccc2)cc1. The van der Waals surface area contributed by atoms with Crippen LogP contribution in [0, 0.1) is 11.3 Å². The first kappa shape index (κ1) is 24.5. The van der Waals surface area contributed by atoms with Gasteiger partial charge in [-0.25, -0.2) is 0 Å². The predicted molar refractivity (Wildman–Crippen MR) is 144 cm³/mol. The van der Waals surface area contributed by atoms with E-state index in [1.165, 1.54) is 21.5 Å². The lowest BCUT2D eigenvalue weighted by Crippen LogP contribution is -2.20. The number of nitrogens with zero attached hydrogens (tertiary/aromatic N) is 1. The van der Waals surface area contributed by atoms with Crippen LogP contribution in [0.1, 0.15) is 17.5 Å². The molecular formula is C30H27ClNP. The molecule has 164 valence electrons. The van der Waals surface area contributed by atoms with Gasteiger partial charge in [0.05, 0.1) is 12.5 Å². The van der Waals surface area contributed by atoms with Crippen molar-refractivity contribution in [3.8, 4) is 6.07 Å². The van der Waals surface area contributed by atoms with Crippen molar-refractivity contribution in [2.45, 2.75) is 18.7 Å². The van der Waals surface area contributed by atoms with Crippen molar-refractivity contribution in [2.75, 3.05) is 0 Å². The number of alkyl halides is 1. The average molecular weight is 468 g/mol. The molecule has 0 fully saturated rings. The number of nitriles is 1. The molecule has 0 atom stereocenters. The fourth-order valence-electron chi connectivity index (χ4n) is 3.37. The lowest BCUT2D eigenvalue weighted by molar-refractivity contribution is 1.22. The van der Waals surface area contributed by atoms with Crippen LogP contribution >= 0.6 is 19.5 Å². The van der Waals surface area contributed by atoms with Crippen LogP contribution in [0.2, 0.25) is 0 Å². The molecule has 3 heteroatoms. The summed E-state index contributed by atoms with van der Waals surface area (Å²) in [5.41, 5.74) is 2.37. The van der Waals surface area contributed by atoms with E-state index in [4.69, 9.17) is 16.9 Å². The third-order valence-corrected chi connectivity index (χ3v) is 7.67. The van der Waals surface area contributed by atoms with Gasteiger partial charge in [-0.15, -0.1) is 11.6 Å². The van der Waals surface area contributed by atoms with E-state index < -0.39 is 7.92 Å². The molecule has 1 nitrogen and oxygen atoms in total. The molecular weight excluding hydrogens is 441 g/mol. The molecule has 4 aromatic carbocycles. The Labute approximate surface area is 203 Å². The van der Waals surface area contributed by atoms with Gasteiger partial charge in [-0.3, -0.25) is 0 Å². The minimum Gasteiger partial charge on any atom is -0.198 e. The Bertz CT molecular complexity index is 1060. The molecule has 0 aliphatic carbocycles.